The number of amidine groups is 2. The van der Waals surface area contributed by atoms with Crippen molar-refractivity contribution in [3.63, 3.8) is 0 Å². The van der Waals surface area contributed by atoms with Gasteiger partial charge in [0.25, 0.3) is 0 Å². The lowest BCUT2D eigenvalue weighted by Gasteiger charge is -2.21. The van der Waals surface area contributed by atoms with Gasteiger partial charge in [0.2, 0.25) is 5.96 Å². The molecule has 0 radical (unpaired) electrons. The molecule has 2 N–H and O–H groups in total. The molecular formula is C26H28F6N8O. The minimum Gasteiger partial charge on any atom is -0.387 e. The molecule has 0 saturated carbocycles. The summed E-state index contributed by atoms with van der Waals surface area (Å²) in [6, 6.07) is 1.92. The van der Waals surface area contributed by atoms with Gasteiger partial charge in [0, 0.05) is 18.4 Å². The first kappa shape index (κ1) is 31.5. The fraction of sp³-hybridized carbons (Fsp3) is 0.462. The Morgan fingerprint density at radius 1 is 1.24 bits per heavy atom. The van der Waals surface area contributed by atoms with Crippen LogP contribution in [0.4, 0.5) is 26.3 Å². The summed E-state index contributed by atoms with van der Waals surface area (Å²) in [5.41, 5.74) is -2.54. The van der Waals surface area contributed by atoms with Crippen LogP contribution < -0.4 is 5.32 Å². The Morgan fingerprint density at radius 2 is 2.02 bits per heavy atom. The van der Waals surface area contributed by atoms with Crippen LogP contribution in [0.25, 0.3) is 0 Å². The number of nitrogens with zero attached hydrogens (tertiary/aromatic N) is 7. The lowest BCUT2D eigenvalue weighted by molar-refractivity contribution is -0.125. The van der Waals surface area contributed by atoms with Crippen LogP contribution in [0.1, 0.15) is 38.5 Å². The first-order valence-electron chi connectivity index (χ1n) is 12.5. The molecule has 3 aliphatic rings. The molecule has 41 heavy (non-hydrogen) atoms. The zero-order chi connectivity index (χ0) is 30.1. The van der Waals surface area contributed by atoms with E-state index in [4.69, 9.17) is 5.26 Å². The lowest BCUT2D eigenvalue weighted by Crippen LogP contribution is -2.35. The molecule has 3 aliphatic heterocycles. The number of allylic oxidation sites excluding steroid dienone is 6. The molecule has 0 aromatic heterocycles. The molecule has 1 unspecified atom stereocenters. The second kappa shape index (κ2) is 13.5. The number of hydrogen-bond donors (Lipinski definition) is 2. The molecule has 3 heterocycles. The normalized spacial score (nSPS) is 22.2. The molecule has 1 saturated heterocycles. The zero-order valence-corrected chi connectivity index (χ0v) is 21.9. The number of rotatable bonds is 8. The van der Waals surface area contributed by atoms with Crippen LogP contribution >= 0.6 is 0 Å². The Morgan fingerprint density at radius 3 is 2.71 bits per heavy atom. The van der Waals surface area contributed by atoms with Gasteiger partial charge >= 0.3 is 12.4 Å². The highest BCUT2D eigenvalue weighted by Gasteiger charge is 2.38. The summed E-state index contributed by atoms with van der Waals surface area (Å²) in [5.74, 6) is -0.186. The van der Waals surface area contributed by atoms with Crippen molar-refractivity contribution in [3.8, 4) is 6.07 Å². The molecule has 3 rings (SSSR count). The summed E-state index contributed by atoms with van der Waals surface area (Å²) in [7, 11) is 0. The molecule has 9 nitrogen and oxygen atoms in total. The second-order valence-electron chi connectivity index (χ2n) is 9.34. The highest BCUT2D eigenvalue weighted by molar-refractivity contribution is 6.48. The third-order valence-corrected chi connectivity index (χ3v) is 6.00. The van der Waals surface area contributed by atoms with Crippen molar-refractivity contribution in [2.45, 2.75) is 56.5 Å². The second-order valence-corrected chi connectivity index (χ2v) is 9.34. The van der Waals surface area contributed by atoms with Crippen LogP contribution in [0.2, 0.25) is 0 Å². The minimum atomic E-state index is -4.74. The van der Waals surface area contributed by atoms with Gasteiger partial charge in [-0.3, -0.25) is 4.99 Å². The number of hydrogen-bond acceptors (Lipinski definition) is 9. The lowest BCUT2D eigenvalue weighted by atomic mass is 10.0. The van der Waals surface area contributed by atoms with Crippen LogP contribution in [0, 0.1) is 11.3 Å². The van der Waals surface area contributed by atoms with Crippen molar-refractivity contribution in [2.24, 2.45) is 25.0 Å². The van der Waals surface area contributed by atoms with Crippen molar-refractivity contribution in [1.82, 2.24) is 10.2 Å². The molecule has 220 valence electrons. The van der Waals surface area contributed by atoms with E-state index in [2.05, 4.69) is 37.0 Å². The molecule has 15 heteroatoms. The Bertz CT molecular complexity index is 1280. The van der Waals surface area contributed by atoms with Gasteiger partial charge in [-0.15, -0.1) is 0 Å². The first-order chi connectivity index (χ1) is 19.3. The molecule has 0 aromatic carbocycles. The number of nitrogens with one attached hydrogen (secondary N) is 1. The standard InChI is InChI=1S/C26H28F6N8O/c1-34-14-5-4-6-18(9-10-25(27,28)29)36-21-16-35-23(40-15-12-24(41,17-40)11-13-33)39-22(38-21)19-7-2-3-8-20(37-19)26(30,31)32/h2,5,7-9,14,41H,1,3-4,6,10-12,15-17H2,(H,35,36,38,39)/b14-5?,18-9+. The van der Waals surface area contributed by atoms with Gasteiger partial charge in [-0.25, -0.2) is 15.0 Å². The average Bonchev–Trinajstić information content (AvgIpc) is 3.05. The third kappa shape index (κ3) is 9.82. The minimum absolute atomic E-state index is 0.00460. The smallest absolute Gasteiger partial charge is 0.387 e. The van der Waals surface area contributed by atoms with Crippen molar-refractivity contribution < 1.29 is 31.4 Å². The molecule has 0 aliphatic carbocycles. The maximum Gasteiger partial charge on any atom is 0.433 e. The van der Waals surface area contributed by atoms with Gasteiger partial charge in [-0.1, -0.05) is 18.2 Å². The predicted octanol–water partition coefficient (Wildman–Crippen LogP) is 4.77. The molecule has 0 amide bonds. The number of likely N-dealkylation sites (tertiary alicyclic amines) is 1. The Labute approximate surface area is 232 Å². The van der Waals surface area contributed by atoms with Gasteiger partial charge < -0.3 is 15.3 Å². The number of halogens is 6. The van der Waals surface area contributed by atoms with E-state index < -0.39 is 30.1 Å². The van der Waals surface area contributed by atoms with Gasteiger partial charge in [-0.2, -0.15) is 36.6 Å². The summed E-state index contributed by atoms with van der Waals surface area (Å²) in [4.78, 5) is 21.9. The Balaban J connectivity index is 2.00. The fourth-order valence-corrected chi connectivity index (χ4v) is 4.04. The number of β-amino-alcohol motifs (C(OH)–C–C–N with tert-alkyl or cyclic N) is 1. The molecule has 0 aromatic rings. The number of aliphatic hydroxyl groups is 1. The summed E-state index contributed by atoms with van der Waals surface area (Å²) in [6.45, 7) is 3.35. The largest absolute Gasteiger partial charge is 0.433 e. The SMILES string of the molecule is C=NC=CCC/C(=C\CC(F)(F)F)NC1=NC(C2=NC(C(F)(F)F)=CCC=C2)=NC(N2CCC(O)(CC#N)C2)=NC1. The molecule has 0 spiro atoms. The summed E-state index contributed by atoms with van der Waals surface area (Å²) < 4.78 is 79.5. The molecule has 1 fully saturated rings. The quantitative estimate of drug-likeness (QED) is 0.316. The van der Waals surface area contributed by atoms with E-state index in [0.29, 0.717) is 6.42 Å². The van der Waals surface area contributed by atoms with Crippen molar-refractivity contribution in [2.75, 3.05) is 19.6 Å². The van der Waals surface area contributed by atoms with Crippen LogP contribution in [-0.4, -0.2) is 77.7 Å². The number of aliphatic imine (C=N–C) groups is 5. The molecule has 0 bridgehead atoms. The van der Waals surface area contributed by atoms with Crippen LogP contribution in [0.5, 0.6) is 0 Å². The topological polar surface area (TPSA) is 121 Å². The Hall–Kier alpha value is -4.06. The molecular weight excluding hydrogens is 554 g/mol. The maximum atomic E-state index is 13.5. The fourth-order valence-electron chi connectivity index (χ4n) is 4.04. The van der Waals surface area contributed by atoms with Crippen LogP contribution in [-0.2, 0) is 0 Å². The first-order valence-corrected chi connectivity index (χ1v) is 12.5. The van der Waals surface area contributed by atoms with Crippen molar-refractivity contribution >= 4 is 30.1 Å². The van der Waals surface area contributed by atoms with Gasteiger partial charge in [-0.05, 0) is 44.6 Å². The highest BCUT2D eigenvalue weighted by Crippen LogP contribution is 2.29. The van der Waals surface area contributed by atoms with E-state index >= 15 is 0 Å². The van der Waals surface area contributed by atoms with E-state index in [1.807, 2.05) is 6.07 Å². The van der Waals surface area contributed by atoms with E-state index in [9.17, 15) is 31.4 Å². The van der Waals surface area contributed by atoms with E-state index in [-0.39, 0.29) is 74.4 Å². The highest BCUT2D eigenvalue weighted by atomic mass is 19.4. The average molecular weight is 583 g/mol. The van der Waals surface area contributed by atoms with E-state index in [1.54, 1.807) is 11.0 Å². The predicted molar refractivity (Wildman–Crippen MR) is 144 cm³/mol. The summed E-state index contributed by atoms with van der Waals surface area (Å²) in [5, 5.41) is 22.5. The van der Waals surface area contributed by atoms with E-state index in [0.717, 1.165) is 12.2 Å². The zero-order valence-electron chi connectivity index (χ0n) is 21.9. The monoisotopic (exact) mass is 582 g/mol. The van der Waals surface area contributed by atoms with E-state index in [1.165, 1.54) is 18.4 Å². The molecule has 1 atom stereocenters. The van der Waals surface area contributed by atoms with Gasteiger partial charge in [0.05, 0.1) is 31.1 Å². The summed E-state index contributed by atoms with van der Waals surface area (Å²) in [6.07, 6.45) is -2.29. The third-order valence-electron chi connectivity index (χ3n) is 6.00. The van der Waals surface area contributed by atoms with Crippen molar-refractivity contribution in [3.05, 3.63) is 48.0 Å². The van der Waals surface area contributed by atoms with Crippen LogP contribution in [0.3, 0.4) is 0 Å². The number of alkyl halides is 6. The van der Waals surface area contributed by atoms with Crippen molar-refractivity contribution in [1.29, 1.82) is 5.26 Å². The maximum absolute atomic E-state index is 13.5. The number of guanidine groups is 1. The van der Waals surface area contributed by atoms with Crippen LogP contribution in [0.15, 0.2) is 72.9 Å². The van der Waals surface area contributed by atoms with Gasteiger partial charge in [0.1, 0.15) is 23.8 Å². The Kier molecular flexibility index (Phi) is 10.4. The number of nitriles is 1. The summed E-state index contributed by atoms with van der Waals surface area (Å²) >= 11 is 0. The van der Waals surface area contributed by atoms with Gasteiger partial charge in [0.15, 0.2) is 5.84 Å².